The van der Waals surface area contributed by atoms with Crippen molar-refractivity contribution in [1.29, 1.82) is 0 Å². The van der Waals surface area contributed by atoms with Crippen molar-refractivity contribution < 1.29 is 0 Å². The van der Waals surface area contributed by atoms with Crippen molar-refractivity contribution in [2.75, 3.05) is 0 Å². The van der Waals surface area contributed by atoms with E-state index in [1.807, 2.05) is 0 Å². The number of hydrogen-bond donors (Lipinski definition) is 0. The van der Waals surface area contributed by atoms with E-state index in [1.54, 1.807) is 0 Å². The van der Waals surface area contributed by atoms with Crippen LogP contribution in [0.4, 0.5) is 0 Å². The maximum Gasteiger partial charge on any atom is 0.149 e. The Balaban J connectivity index is 2.29. The molecule has 0 nitrogen and oxygen atoms in total. The smallest absolute Gasteiger partial charge is 0.0872 e. The number of aryl methyl sites for hydroxylation is 1. The van der Waals surface area contributed by atoms with Crippen LogP contribution in [0.15, 0.2) is 36.4 Å². The Morgan fingerprint density at radius 2 is 1.94 bits per heavy atom. The fourth-order valence-corrected chi connectivity index (χ4v) is 2.62. The van der Waals surface area contributed by atoms with Crippen molar-refractivity contribution in [3.63, 3.8) is 0 Å². The lowest BCUT2D eigenvalue weighted by Gasteiger charge is -2.07. The minimum atomic E-state index is 1.09. The molecule has 2 aromatic carbocycles. The second-order valence-electron chi connectivity index (χ2n) is 4.51. The molecule has 0 aliphatic heterocycles. The summed E-state index contributed by atoms with van der Waals surface area (Å²) >= 11 is 0. The largest absolute Gasteiger partial charge is 0.149 e. The summed E-state index contributed by atoms with van der Waals surface area (Å²) in [6, 6.07) is 13.4. The van der Waals surface area contributed by atoms with Crippen LogP contribution in [-0.2, 0) is 6.42 Å². The van der Waals surface area contributed by atoms with E-state index in [0.29, 0.717) is 0 Å². The van der Waals surface area contributed by atoms with Crippen LogP contribution in [0.25, 0.3) is 11.1 Å². The van der Waals surface area contributed by atoms with Gasteiger partial charge in [-0.3, -0.25) is 0 Å². The van der Waals surface area contributed by atoms with Gasteiger partial charge in [-0.15, -0.1) is 0 Å². The summed E-state index contributed by atoms with van der Waals surface area (Å²) in [5.74, 6) is 0. The third-order valence-electron chi connectivity index (χ3n) is 3.41. The monoisotopic (exact) mass is 205 g/mol. The molecule has 0 atom stereocenters. The first-order chi connectivity index (χ1) is 7.79. The van der Waals surface area contributed by atoms with Crippen LogP contribution in [0, 0.1) is 6.92 Å². The molecule has 0 saturated carbocycles. The Morgan fingerprint density at radius 1 is 1.06 bits per heavy atom. The molecule has 0 spiro atoms. The lowest BCUT2D eigenvalue weighted by molar-refractivity contribution is 1.26. The summed E-state index contributed by atoms with van der Waals surface area (Å²) in [6.07, 6.45) is 1.09. The first-order valence-electron chi connectivity index (χ1n) is 5.81. The molecule has 0 aromatic heterocycles. The van der Waals surface area contributed by atoms with Crippen LogP contribution < -0.4 is 5.46 Å². The van der Waals surface area contributed by atoms with Gasteiger partial charge in [0, 0.05) is 0 Å². The lowest BCUT2D eigenvalue weighted by Crippen LogP contribution is -2.13. The van der Waals surface area contributed by atoms with Crippen LogP contribution in [0.2, 0.25) is 6.82 Å². The van der Waals surface area contributed by atoms with Gasteiger partial charge in [0.1, 0.15) is 7.28 Å². The van der Waals surface area contributed by atoms with Crippen molar-refractivity contribution in [2.45, 2.75) is 20.2 Å². The van der Waals surface area contributed by atoms with Crippen LogP contribution in [0.5, 0.6) is 0 Å². The predicted molar refractivity (Wildman–Crippen MR) is 70.7 cm³/mol. The molecule has 0 bridgehead atoms. The van der Waals surface area contributed by atoms with Crippen molar-refractivity contribution in [3.8, 4) is 11.1 Å². The molecule has 0 fully saturated rings. The molecule has 0 saturated heterocycles. The Kier molecular flexibility index (Phi) is 2.13. The molecule has 1 aliphatic carbocycles. The maximum absolute atomic E-state index is 2.31. The van der Waals surface area contributed by atoms with E-state index < -0.39 is 0 Å². The second kappa shape index (κ2) is 3.52. The summed E-state index contributed by atoms with van der Waals surface area (Å²) in [6.45, 7) is 4.28. The summed E-state index contributed by atoms with van der Waals surface area (Å²) in [5.41, 5.74) is 8.53. The third kappa shape index (κ3) is 1.31. The Morgan fingerprint density at radius 3 is 2.75 bits per heavy atom. The topological polar surface area (TPSA) is 0 Å². The fraction of sp³-hybridized carbons (Fsp3) is 0.200. The van der Waals surface area contributed by atoms with Gasteiger partial charge in [0.2, 0.25) is 0 Å². The van der Waals surface area contributed by atoms with Gasteiger partial charge in [-0.05, 0) is 35.6 Å². The van der Waals surface area contributed by atoms with Crippen molar-refractivity contribution in [3.05, 3.63) is 53.1 Å². The van der Waals surface area contributed by atoms with E-state index >= 15 is 0 Å². The zero-order chi connectivity index (χ0) is 11.1. The van der Waals surface area contributed by atoms with Gasteiger partial charge < -0.3 is 0 Å². The van der Waals surface area contributed by atoms with Crippen LogP contribution in [0.3, 0.4) is 0 Å². The summed E-state index contributed by atoms with van der Waals surface area (Å²) in [4.78, 5) is 0. The molecule has 0 amide bonds. The minimum absolute atomic E-state index is 1.09. The van der Waals surface area contributed by atoms with E-state index in [9.17, 15) is 0 Å². The Hall–Kier alpha value is -1.50. The summed E-state index contributed by atoms with van der Waals surface area (Å²) in [5, 5.41) is 0. The molecule has 0 N–H and O–H groups in total. The SMILES string of the molecule is C[B]c1cccc2c1-c1cc(C)ccc1C2. The Labute approximate surface area is 97.6 Å². The van der Waals surface area contributed by atoms with E-state index in [0.717, 1.165) is 6.42 Å². The highest BCUT2D eigenvalue weighted by molar-refractivity contribution is 6.54. The predicted octanol–water partition coefficient (Wildman–Crippen LogP) is 2.94. The van der Waals surface area contributed by atoms with Gasteiger partial charge in [-0.1, -0.05) is 54.2 Å². The van der Waals surface area contributed by atoms with Gasteiger partial charge >= 0.3 is 0 Å². The van der Waals surface area contributed by atoms with E-state index in [2.05, 4.69) is 57.4 Å². The van der Waals surface area contributed by atoms with E-state index in [1.165, 1.54) is 33.3 Å². The van der Waals surface area contributed by atoms with E-state index in [4.69, 9.17) is 0 Å². The summed E-state index contributed by atoms with van der Waals surface area (Å²) in [7, 11) is 2.20. The highest BCUT2D eigenvalue weighted by Crippen LogP contribution is 2.35. The average Bonchev–Trinajstić information content (AvgIpc) is 2.66. The quantitative estimate of drug-likeness (QED) is 0.536. The molecule has 1 aliphatic rings. The highest BCUT2D eigenvalue weighted by atomic mass is 14.2. The van der Waals surface area contributed by atoms with E-state index in [-0.39, 0.29) is 0 Å². The third-order valence-corrected chi connectivity index (χ3v) is 3.41. The van der Waals surface area contributed by atoms with Crippen molar-refractivity contribution in [2.24, 2.45) is 0 Å². The van der Waals surface area contributed by atoms with Crippen LogP contribution in [-0.4, -0.2) is 7.28 Å². The zero-order valence-electron chi connectivity index (χ0n) is 9.75. The molecule has 16 heavy (non-hydrogen) atoms. The number of rotatable bonds is 1. The molecule has 1 radical (unpaired) electrons. The first-order valence-corrected chi connectivity index (χ1v) is 5.81. The molecular weight excluding hydrogens is 191 g/mol. The van der Waals surface area contributed by atoms with Crippen LogP contribution >= 0.6 is 0 Å². The van der Waals surface area contributed by atoms with Crippen molar-refractivity contribution >= 4 is 12.7 Å². The molecular formula is C15H14B. The van der Waals surface area contributed by atoms with Gasteiger partial charge in [0.15, 0.2) is 0 Å². The first kappa shape index (κ1) is 9.71. The minimum Gasteiger partial charge on any atom is -0.0872 e. The average molecular weight is 205 g/mol. The number of fused-ring (bicyclic) bond motifs is 3. The standard InChI is InChI=1S/C15H14B/c1-10-6-7-11-9-12-4-3-5-14(16-2)15(12)13(11)8-10/h3-8H,9H2,1-2H3. The lowest BCUT2D eigenvalue weighted by atomic mass is 9.69. The molecule has 1 heteroatoms. The number of hydrogen-bond acceptors (Lipinski definition) is 0. The molecule has 0 heterocycles. The molecule has 0 unspecified atom stereocenters. The van der Waals surface area contributed by atoms with Gasteiger partial charge in [0.25, 0.3) is 0 Å². The zero-order valence-corrected chi connectivity index (χ0v) is 9.75. The maximum atomic E-state index is 2.31. The fourth-order valence-electron chi connectivity index (χ4n) is 2.62. The second-order valence-corrected chi connectivity index (χ2v) is 4.51. The molecule has 77 valence electrons. The van der Waals surface area contributed by atoms with Crippen LogP contribution in [0.1, 0.15) is 16.7 Å². The summed E-state index contributed by atoms with van der Waals surface area (Å²) < 4.78 is 0. The highest BCUT2D eigenvalue weighted by Gasteiger charge is 2.20. The number of benzene rings is 2. The normalized spacial score (nSPS) is 12.1. The van der Waals surface area contributed by atoms with Gasteiger partial charge in [-0.2, -0.15) is 0 Å². The Bertz CT molecular complexity index is 555. The van der Waals surface area contributed by atoms with Gasteiger partial charge in [0.05, 0.1) is 0 Å². The molecule has 3 rings (SSSR count). The van der Waals surface area contributed by atoms with Gasteiger partial charge in [-0.25, -0.2) is 0 Å². The molecule has 2 aromatic rings. The van der Waals surface area contributed by atoms with Crippen molar-refractivity contribution in [1.82, 2.24) is 0 Å².